The van der Waals surface area contributed by atoms with Crippen molar-refractivity contribution >= 4 is 0 Å². The number of hydrogen-bond donors (Lipinski definition) is 1. The van der Waals surface area contributed by atoms with Crippen molar-refractivity contribution in [3.63, 3.8) is 0 Å². The van der Waals surface area contributed by atoms with Crippen LogP contribution >= 0.6 is 0 Å². The van der Waals surface area contributed by atoms with Crippen LogP contribution in [-0.4, -0.2) is 17.8 Å². The van der Waals surface area contributed by atoms with Gasteiger partial charge in [-0.05, 0) is 18.1 Å². The molecular formula is C10H12O2. The minimum atomic E-state index is -0.0268. The van der Waals surface area contributed by atoms with E-state index in [1.807, 2.05) is 19.1 Å². The molecule has 0 spiro atoms. The first-order valence-corrected chi connectivity index (χ1v) is 4.17. The molecule has 1 heterocycles. The lowest BCUT2D eigenvalue weighted by molar-refractivity contribution is 0.134. The Kier molecular flexibility index (Phi) is 1.77. The van der Waals surface area contributed by atoms with Crippen molar-refractivity contribution in [3.8, 4) is 5.75 Å². The number of aryl methyl sites for hydroxylation is 1. The first-order valence-electron chi connectivity index (χ1n) is 4.17. The van der Waals surface area contributed by atoms with E-state index in [2.05, 4.69) is 6.07 Å². The minimum absolute atomic E-state index is 0.0268. The normalized spacial score (nSPS) is 20.3. The van der Waals surface area contributed by atoms with Crippen LogP contribution in [-0.2, 0) is 6.42 Å². The topological polar surface area (TPSA) is 29.5 Å². The quantitative estimate of drug-likeness (QED) is 0.677. The van der Waals surface area contributed by atoms with Crippen molar-refractivity contribution in [1.82, 2.24) is 0 Å². The van der Waals surface area contributed by atoms with E-state index in [4.69, 9.17) is 9.84 Å². The molecule has 1 aromatic carbocycles. The minimum Gasteiger partial charge on any atom is -0.487 e. The Morgan fingerprint density at radius 1 is 1.58 bits per heavy atom. The fourth-order valence-corrected chi connectivity index (χ4v) is 1.60. The third-order valence-corrected chi connectivity index (χ3v) is 2.23. The van der Waals surface area contributed by atoms with Gasteiger partial charge >= 0.3 is 0 Å². The molecule has 0 fully saturated rings. The summed E-state index contributed by atoms with van der Waals surface area (Å²) in [6, 6.07) is 6.11. The van der Waals surface area contributed by atoms with Crippen LogP contribution in [0.25, 0.3) is 0 Å². The molecule has 1 aliphatic rings. The van der Waals surface area contributed by atoms with E-state index in [1.54, 1.807) is 0 Å². The molecule has 0 saturated heterocycles. The van der Waals surface area contributed by atoms with Crippen LogP contribution in [0.2, 0.25) is 0 Å². The van der Waals surface area contributed by atoms with E-state index >= 15 is 0 Å². The predicted molar refractivity (Wildman–Crippen MR) is 46.4 cm³/mol. The van der Waals surface area contributed by atoms with Crippen molar-refractivity contribution in [1.29, 1.82) is 0 Å². The first kappa shape index (κ1) is 7.62. The summed E-state index contributed by atoms with van der Waals surface area (Å²) < 4.78 is 5.54. The zero-order chi connectivity index (χ0) is 8.55. The largest absolute Gasteiger partial charge is 0.487 e. The zero-order valence-corrected chi connectivity index (χ0v) is 7.08. The molecule has 0 amide bonds. The molecular weight excluding hydrogens is 152 g/mol. The number of ether oxygens (including phenoxy) is 1. The second-order valence-electron chi connectivity index (χ2n) is 3.19. The number of aliphatic hydroxyl groups is 1. The smallest absolute Gasteiger partial charge is 0.126 e. The Bertz CT molecular complexity index is 294. The highest BCUT2D eigenvalue weighted by Crippen LogP contribution is 2.31. The highest BCUT2D eigenvalue weighted by molar-refractivity contribution is 5.43. The second-order valence-corrected chi connectivity index (χ2v) is 3.19. The molecule has 0 bridgehead atoms. The van der Waals surface area contributed by atoms with Crippen molar-refractivity contribution in [2.75, 3.05) is 6.61 Å². The molecule has 2 rings (SSSR count). The molecule has 2 heteroatoms. The van der Waals surface area contributed by atoms with E-state index in [0.717, 1.165) is 17.7 Å². The van der Waals surface area contributed by atoms with Gasteiger partial charge in [0.2, 0.25) is 0 Å². The predicted octanol–water partition coefficient (Wildman–Crippen LogP) is 1.29. The molecule has 12 heavy (non-hydrogen) atoms. The number of aliphatic hydroxyl groups excluding tert-OH is 1. The summed E-state index contributed by atoms with van der Waals surface area (Å²) in [6.45, 7) is 2.13. The number of rotatable bonds is 1. The number of hydrogen-bond acceptors (Lipinski definition) is 2. The van der Waals surface area contributed by atoms with Crippen molar-refractivity contribution in [3.05, 3.63) is 29.3 Å². The van der Waals surface area contributed by atoms with Crippen LogP contribution in [0.3, 0.4) is 0 Å². The summed E-state index contributed by atoms with van der Waals surface area (Å²) in [7, 11) is 0. The van der Waals surface area contributed by atoms with E-state index < -0.39 is 0 Å². The van der Waals surface area contributed by atoms with Gasteiger partial charge in [-0.2, -0.15) is 0 Å². The highest BCUT2D eigenvalue weighted by atomic mass is 16.5. The molecule has 0 saturated carbocycles. The van der Waals surface area contributed by atoms with E-state index in [9.17, 15) is 0 Å². The maximum Gasteiger partial charge on any atom is 0.126 e. The zero-order valence-electron chi connectivity index (χ0n) is 7.08. The third kappa shape index (κ3) is 1.08. The van der Waals surface area contributed by atoms with Crippen molar-refractivity contribution < 1.29 is 9.84 Å². The van der Waals surface area contributed by atoms with Gasteiger partial charge in [0.05, 0.1) is 6.61 Å². The van der Waals surface area contributed by atoms with Crippen molar-refractivity contribution in [2.45, 2.75) is 19.4 Å². The van der Waals surface area contributed by atoms with Gasteiger partial charge in [-0.1, -0.05) is 18.2 Å². The van der Waals surface area contributed by atoms with Gasteiger partial charge in [0, 0.05) is 6.42 Å². The first-order chi connectivity index (χ1) is 5.81. The van der Waals surface area contributed by atoms with Crippen LogP contribution in [0.5, 0.6) is 5.75 Å². The van der Waals surface area contributed by atoms with E-state index in [1.165, 1.54) is 5.56 Å². The molecule has 1 aromatic rings. The molecule has 1 atom stereocenters. The molecule has 1 N–H and O–H groups in total. The maximum absolute atomic E-state index is 8.90. The van der Waals surface area contributed by atoms with Gasteiger partial charge in [0.15, 0.2) is 0 Å². The fourth-order valence-electron chi connectivity index (χ4n) is 1.60. The average Bonchev–Trinajstić information content (AvgIpc) is 2.49. The summed E-state index contributed by atoms with van der Waals surface area (Å²) in [5.74, 6) is 0.969. The number of fused-ring (bicyclic) bond motifs is 1. The fraction of sp³-hybridized carbons (Fsp3) is 0.400. The van der Waals surface area contributed by atoms with Gasteiger partial charge in [0.25, 0.3) is 0 Å². The molecule has 1 aliphatic heterocycles. The van der Waals surface area contributed by atoms with Gasteiger partial charge in [0.1, 0.15) is 11.9 Å². The van der Waals surface area contributed by atoms with Crippen LogP contribution < -0.4 is 4.74 Å². The van der Waals surface area contributed by atoms with Gasteiger partial charge < -0.3 is 9.84 Å². The lowest BCUT2D eigenvalue weighted by Gasteiger charge is -2.06. The van der Waals surface area contributed by atoms with Crippen LogP contribution in [0.4, 0.5) is 0 Å². The Balaban J connectivity index is 2.35. The standard InChI is InChI=1S/C10H12O2/c1-7-3-2-4-8-5-9(6-11)12-10(7)8/h2-4,9,11H,5-6H2,1H3/t9-/m1/s1. The maximum atomic E-state index is 8.90. The molecule has 0 radical (unpaired) electrons. The molecule has 0 aromatic heterocycles. The summed E-state index contributed by atoms with van der Waals surface area (Å²) in [6.07, 6.45) is 0.814. The third-order valence-electron chi connectivity index (χ3n) is 2.23. The average molecular weight is 164 g/mol. The highest BCUT2D eigenvalue weighted by Gasteiger charge is 2.22. The van der Waals surface area contributed by atoms with Crippen molar-refractivity contribution in [2.24, 2.45) is 0 Å². The Morgan fingerprint density at radius 3 is 3.08 bits per heavy atom. The Morgan fingerprint density at radius 2 is 2.42 bits per heavy atom. The molecule has 0 unspecified atom stereocenters. The summed E-state index contributed by atoms with van der Waals surface area (Å²) >= 11 is 0. The molecule has 2 nitrogen and oxygen atoms in total. The van der Waals surface area contributed by atoms with Crippen LogP contribution in [0.15, 0.2) is 18.2 Å². The summed E-state index contributed by atoms with van der Waals surface area (Å²) in [5, 5.41) is 8.90. The lowest BCUT2D eigenvalue weighted by Crippen LogP contribution is -2.17. The lowest BCUT2D eigenvalue weighted by atomic mass is 10.1. The molecule has 0 aliphatic carbocycles. The van der Waals surface area contributed by atoms with Gasteiger partial charge in [-0.15, -0.1) is 0 Å². The second kappa shape index (κ2) is 2.79. The summed E-state index contributed by atoms with van der Waals surface area (Å²) in [4.78, 5) is 0. The van der Waals surface area contributed by atoms with Crippen LogP contribution in [0, 0.1) is 6.92 Å². The number of benzene rings is 1. The van der Waals surface area contributed by atoms with E-state index in [0.29, 0.717) is 0 Å². The Labute approximate surface area is 71.8 Å². The van der Waals surface area contributed by atoms with Gasteiger partial charge in [-0.3, -0.25) is 0 Å². The monoisotopic (exact) mass is 164 g/mol. The van der Waals surface area contributed by atoms with Gasteiger partial charge in [-0.25, -0.2) is 0 Å². The summed E-state index contributed by atoms with van der Waals surface area (Å²) in [5.41, 5.74) is 2.37. The number of para-hydroxylation sites is 1. The Hall–Kier alpha value is -1.02. The SMILES string of the molecule is Cc1cccc2c1O[C@@H](CO)C2. The van der Waals surface area contributed by atoms with E-state index in [-0.39, 0.29) is 12.7 Å². The van der Waals surface area contributed by atoms with Crippen LogP contribution in [0.1, 0.15) is 11.1 Å². The molecule has 64 valence electrons.